The summed E-state index contributed by atoms with van der Waals surface area (Å²) in [5.74, 6) is -0.118. The zero-order valence-electron chi connectivity index (χ0n) is 14.6. The van der Waals surface area contributed by atoms with Crippen LogP contribution in [0.2, 0.25) is 0 Å². The number of carbonyl (C=O) groups excluding carboxylic acids is 1. The maximum Gasteiger partial charge on any atom is 0.257 e. The lowest BCUT2D eigenvalue weighted by Crippen LogP contribution is -2.14. The average molecular weight is 347 g/mol. The molecule has 6 heteroatoms. The molecule has 0 atom stereocenters. The van der Waals surface area contributed by atoms with Crippen LogP contribution in [0.3, 0.4) is 0 Å². The molecule has 0 aliphatic rings. The normalized spacial score (nSPS) is 10.7. The van der Waals surface area contributed by atoms with Crippen molar-refractivity contribution >= 4 is 28.1 Å². The minimum Gasteiger partial charge on any atom is -0.385 e. The number of amides is 1. The molecule has 0 bridgehead atoms. The lowest BCUT2D eigenvalue weighted by molar-refractivity contribution is 0.102. The van der Waals surface area contributed by atoms with Crippen molar-refractivity contribution in [2.75, 3.05) is 23.7 Å². The van der Waals surface area contributed by atoms with Crippen LogP contribution in [0, 0.1) is 20.8 Å². The molecule has 1 aromatic heterocycles. The van der Waals surface area contributed by atoms with Gasteiger partial charge in [0, 0.05) is 22.7 Å². The smallest absolute Gasteiger partial charge is 0.257 e. The first-order valence-electron chi connectivity index (χ1n) is 8.32. The fourth-order valence-corrected chi connectivity index (χ4v) is 3.24. The summed E-state index contributed by atoms with van der Waals surface area (Å²) in [4.78, 5) is 18.0. The first-order valence-corrected chi connectivity index (χ1v) is 9.13. The number of hydrogen-bond donors (Lipinski definition) is 3. The molecule has 0 saturated carbocycles. The number of nitrogens with zero attached hydrogens (tertiary/aromatic N) is 1. The molecule has 1 heterocycles. The Morgan fingerprint density at radius 3 is 2.67 bits per heavy atom. The molecule has 5 nitrogen and oxygen atoms in total. The van der Waals surface area contributed by atoms with E-state index in [1.807, 2.05) is 39.0 Å². The van der Waals surface area contributed by atoms with E-state index >= 15 is 0 Å². The molecule has 0 fully saturated rings. The van der Waals surface area contributed by atoms with Crippen LogP contribution in [-0.2, 0) is 0 Å². The van der Waals surface area contributed by atoms with Crippen molar-refractivity contribution in [2.45, 2.75) is 40.0 Å². The van der Waals surface area contributed by atoms with Gasteiger partial charge in [-0.25, -0.2) is 4.98 Å². The third kappa shape index (κ3) is 4.79. The summed E-state index contributed by atoms with van der Waals surface area (Å²) in [5, 5.41) is 6.96. The van der Waals surface area contributed by atoms with E-state index < -0.39 is 0 Å². The van der Waals surface area contributed by atoms with Crippen molar-refractivity contribution < 1.29 is 4.79 Å². The molecule has 0 unspecified atom stereocenters. The van der Waals surface area contributed by atoms with Crippen LogP contribution in [0.4, 0.5) is 10.8 Å². The second kappa shape index (κ2) is 8.80. The topological polar surface area (TPSA) is 80.0 Å². The van der Waals surface area contributed by atoms with Gasteiger partial charge < -0.3 is 11.1 Å². The molecule has 2 aromatic rings. The van der Waals surface area contributed by atoms with Crippen LogP contribution in [0.25, 0.3) is 0 Å². The van der Waals surface area contributed by atoms with Gasteiger partial charge in [0.05, 0.1) is 5.69 Å². The van der Waals surface area contributed by atoms with Crippen molar-refractivity contribution in [1.82, 2.24) is 4.98 Å². The molecular weight excluding hydrogens is 320 g/mol. The summed E-state index contributed by atoms with van der Waals surface area (Å²) in [5.41, 5.74) is 9.09. The number of aryl methyl sites for hydroxylation is 2. The molecule has 24 heavy (non-hydrogen) atoms. The Morgan fingerprint density at radius 2 is 2.00 bits per heavy atom. The number of carbonyl (C=O) groups is 1. The highest BCUT2D eigenvalue weighted by Gasteiger charge is 2.14. The zero-order chi connectivity index (χ0) is 17.5. The quantitative estimate of drug-likeness (QED) is 0.634. The number of benzene rings is 1. The van der Waals surface area contributed by atoms with Crippen LogP contribution in [-0.4, -0.2) is 24.0 Å². The molecule has 0 aliphatic heterocycles. The summed E-state index contributed by atoms with van der Waals surface area (Å²) in [7, 11) is 0. The average Bonchev–Trinajstić information content (AvgIpc) is 2.86. The number of hydrogen-bond acceptors (Lipinski definition) is 5. The highest BCUT2D eigenvalue weighted by molar-refractivity contribution is 7.15. The Balaban J connectivity index is 2.01. The molecule has 1 amide bonds. The van der Waals surface area contributed by atoms with E-state index in [2.05, 4.69) is 15.6 Å². The van der Waals surface area contributed by atoms with Crippen LogP contribution in [0.5, 0.6) is 0 Å². The van der Waals surface area contributed by atoms with Gasteiger partial charge in [0.1, 0.15) is 0 Å². The molecule has 0 saturated heterocycles. The van der Waals surface area contributed by atoms with Crippen molar-refractivity contribution in [1.29, 1.82) is 0 Å². The van der Waals surface area contributed by atoms with Gasteiger partial charge in [0.15, 0.2) is 5.13 Å². The fraction of sp³-hybridized carbons (Fsp3) is 0.444. The van der Waals surface area contributed by atoms with Gasteiger partial charge >= 0.3 is 0 Å². The first-order chi connectivity index (χ1) is 11.5. The molecular formula is C18H26N4OS. The first kappa shape index (κ1) is 18.4. The Bertz CT molecular complexity index is 677. The standard InChI is InChI=1S/C18H26N4OS/c1-12-15(17(23)22-18-21-13(2)14(3)24-18)8-7-9-16(12)20-11-6-4-5-10-19/h7-9,20H,4-6,10-11,19H2,1-3H3,(H,21,22,23). The van der Waals surface area contributed by atoms with Crippen molar-refractivity contribution in [3.8, 4) is 0 Å². The lowest BCUT2D eigenvalue weighted by Gasteiger charge is -2.13. The van der Waals surface area contributed by atoms with Gasteiger partial charge in [-0.2, -0.15) is 0 Å². The summed E-state index contributed by atoms with van der Waals surface area (Å²) < 4.78 is 0. The van der Waals surface area contributed by atoms with Crippen molar-refractivity contribution in [3.05, 3.63) is 39.9 Å². The highest BCUT2D eigenvalue weighted by Crippen LogP contribution is 2.24. The van der Waals surface area contributed by atoms with Gasteiger partial charge in [0.25, 0.3) is 5.91 Å². The molecule has 4 N–H and O–H groups in total. The van der Waals surface area contributed by atoms with Crippen LogP contribution < -0.4 is 16.4 Å². The summed E-state index contributed by atoms with van der Waals surface area (Å²) in [6, 6.07) is 5.76. The largest absolute Gasteiger partial charge is 0.385 e. The minimum atomic E-state index is -0.118. The molecule has 1 aromatic carbocycles. The van der Waals surface area contributed by atoms with Gasteiger partial charge in [-0.05, 0) is 57.9 Å². The predicted molar refractivity (Wildman–Crippen MR) is 102 cm³/mol. The van der Waals surface area contributed by atoms with Crippen molar-refractivity contribution in [3.63, 3.8) is 0 Å². The minimum absolute atomic E-state index is 0.118. The maximum absolute atomic E-state index is 12.5. The Kier molecular flexibility index (Phi) is 6.75. The summed E-state index contributed by atoms with van der Waals surface area (Å²) in [6.07, 6.45) is 3.24. The fourth-order valence-electron chi connectivity index (χ4n) is 2.43. The predicted octanol–water partition coefficient (Wildman–Crippen LogP) is 3.86. The van der Waals surface area contributed by atoms with Gasteiger partial charge in [0.2, 0.25) is 0 Å². The van der Waals surface area contributed by atoms with E-state index in [9.17, 15) is 4.79 Å². The summed E-state index contributed by atoms with van der Waals surface area (Å²) in [6.45, 7) is 7.54. The Labute approximate surface area is 147 Å². The maximum atomic E-state index is 12.5. The van der Waals surface area contributed by atoms with Crippen LogP contribution in [0.15, 0.2) is 18.2 Å². The summed E-state index contributed by atoms with van der Waals surface area (Å²) >= 11 is 1.50. The van der Waals surface area contributed by atoms with Gasteiger partial charge in [-0.3, -0.25) is 10.1 Å². The zero-order valence-corrected chi connectivity index (χ0v) is 15.4. The third-order valence-corrected chi connectivity index (χ3v) is 5.01. The number of anilines is 2. The van der Waals surface area contributed by atoms with Crippen LogP contribution >= 0.6 is 11.3 Å². The highest BCUT2D eigenvalue weighted by atomic mass is 32.1. The van der Waals surface area contributed by atoms with E-state index in [0.29, 0.717) is 10.7 Å². The number of rotatable bonds is 8. The monoisotopic (exact) mass is 346 g/mol. The van der Waals surface area contributed by atoms with E-state index in [0.717, 1.165) is 54.2 Å². The van der Waals surface area contributed by atoms with Gasteiger partial charge in [-0.1, -0.05) is 12.5 Å². The molecule has 0 spiro atoms. The SMILES string of the molecule is Cc1nc(NC(=O)c2cccc(NCCCCCN)c2C)sc1C. The lowest BCUT2D eigenvalue weighted by atomic mass is 10.1. The molecule has 2 rings (SSSR count). The second-order valence-electron chi connectivity index (χ2n) is 5.87. The molecule has 130 valence electrons. The number of aromatic nitrogens is 1. The third-order valence-electron chi connectivity index (χ3n) is 4.02. The Morgan fingerprint density at radius 1 is 1.21 bits per heavy atom. The van der Waals surface area contributed by atoms with Gasteiger partial charge in [-0.15, -0.1) is 11.3 Å². The number of nitrogens with one attached hydrogen (secondary N) is 2. The van der Waals surface area contributed by atoms with Crippen molar-refractivity contribution in [2.24, 2.45) is 5.73 Å². The van der Waals surface area contributed by atoms with E-state index in [4.69, 9.17) is 5.73 Å². The molecule has 0 radical (unpaired) electrons. The van der Waals surface area contributed by atoms with E-state index in [1.54, 1.807) is 0 Å². The molecule has 0 aliphatic carbocycles. The second-order valence-corrected chi connectivity index (χ2v) is 7.07. The van der Waals surface area contributed by atoms with E-state index in [-0.39, 0.29) is 5.91 Å². The number of nitrogens with two attached hydrogens (primary N) is 1. The number of unbranched alkanes of at least 4 members (excludes halogenated alkanes) is 2. The van der Waals surface area contributed by atoms with Crippen LogP contribution in [0.1, 0.15) is 45.8 Å². The Hall–Kier alpha value is -1.92. The number of thiazole rings is 1. The van der Waals surface area contributed by atoms with E-state index in [1.165, 1.54) is 11.3 Å².